The molecule has 0 radical (unpaired) electrons. The zero-order chi connectivity index (χ0) is 14.5. The van der Waals surface area contributed by atoms with E-state index in [1.807, 2.05) is 6.07 Å². The Morgan fingerprint density at radius 3 is 2.75 bits per heavy atom. The molecule has 0 atom stereocenters. The molecule has 0 heterocycles. The van der Waals surface area contributed by atoms with Crippen molar-refractivity contribution >= 4 is 5.91 Å². The molecule has 0 saturated heterocycles. The fraction of sp³-hybridized carbons (Fsp3) is 0.471. The molecule has 2 nitrogen and oxygen atoms in total. The van der Waals surface area contributed by atoms with E-state index in [0.717, 1.165) is 31.2 Å². The maximum absolute atomic E-state index is 13.2. The highest BCUT2D eigenvalue weighted by atomic mass is 19.1. The Balaban J connectivity index is 1.77. The number of allylic oxidation sites excluding steroid dienone is 1. The summed E-state index contributed by atoms with van der Waals surface area (Å²) in [5.74, 6) is -0.106. The summed E-state index contributed by atoms with van der Waals surface area (Å²) in [7, 11) is 0. The molecular formula is C17H22FNO. The monoisotopic (exact) mass is 275 g/mol. The maximum atomic E-state index is 13.2. The molecule has 0 aromatic heterocycles. The van der Waals surface area contributed by atoms with E-state index in [1.165, 1.54) is 11.6 Å². The number of carbonyl (C=O) groups excluding carboxylic acids is 1. The lowest BCUT2D eigenvalue weighted by molar-refractivity contribution is -0.121. The van der Waals surface area contributed by atoms with Crippen LogP contribution in [0.15, 0.2) is 30.4 Å². The number of hydrogen-bond donors (Lipinski definition) is 1. The fourth-order valence-electron chi connectivity index (χ4n) is 2.59. The Bertz CT molecular complexity index is 500. The number of rotatable bonds is 4. The molecule has 0 unspecified atom stereocenters. The Hall–Kier alpha value is -1.64. The van der Waals surface area contributed by atoms with Crippen molar-refractivity contribution in [3.63, 3.8) is 0 Å². The van der Waals surface area contributed by atoms with E-state index in [2.05, 4.69) is 11.9 Å². The van der Waals surface area contributed by atoms with Gasteiger partial charge in [0.1, 0.15) is 5.82 Å². The fourth-order valence-corrected chi connectivity index (χ4v) is 2.59. The molecule has 1 saturated carbocycles. The van der Waals surface area contributed by atoms with E-state index < -0.39 is 0 Å². The number of amides is 1. The van der Waals surface area contributed by atoms with Crippen molar-refractivity contribution < 1.29 is 9.18 Å². The molecule has 1 aliphatic carbocycles. The van der Waals surface area contributed by atoms with Gasteiger partial charge >= 0.3 is 0 Å². The van der Waals surface area contributed by atoms with Gasteiger partial charge in [-0.25, -0.2) is 4.39 Å². The Morgan fingerprint density at radius 1 is 1.40 bits per heavy atom. The highest BCUT2D eigenvalue weighted by molar-refractivity contribution is 5.76. The van der Waals surface area contributed by atoms with E-state index in [9.17, 15) is 9.18 Å². The molecule has 20 heavy (non-hydrogen) atoms. The zero-order valence-corrected chi connectivity index (χ0v) is 12.0. The van der Waals surface area contributed by atoms with Gasteiger partial charge < -0.3 is 5.32 Å². The molecule has 1 aliphatic rings. The van der Waals surface area contributed by atoms with Crippen molar-refractivity contribution in [2.24, 2.45) is 0 Å². The first-order valence-corrected chi connectivity index (χ1v) is 7.25. The first kappa shape index (κ1) is 14.8. The normalized spacial score (nSPS) is 16.2. The van der Waals surface area contributed by atoms with Gasteiger partial charge in [-0.1, -0.05) is 24.3 Å². The lowest BCUT2D eigenvalue weighted by Crippen LogP contribution is -2.36. The summed E-state index contributed by atoms with van der Waals surface area (Å²) in [5.41, 5.74) is 2.93. The van der Waals surface area contributed by atoms with E-state index in [-0.39, 0.29) is 11.7 Å². The van der Waals surface area contributed by atoms with E-state index in [4.69, 9.17) is 0 Å². The van der Waals surface area contributed by atoms with Crippen LogP contribution in [-0.2, 0) is 11.2 Å². The minimum absolute atomic E-state index is 0.0875. The quantitative estimate of drug-likeness (QED) is 0.834. The van der Waals surface area contributed by atoms with Crippen LogP contribution in [0.5, 0.6) is 0 Å². The lowest BCUT2D eigenvalue weighted by atomic mass is 9.92. The number of nitrogens with one attached hydrogen (secondary N) is 1. The summed E-state index contributed by atoms with van der Waals surface area (Å²) in [6.07, 6.45) is 5.15. The van der Waals surface area contributed by atoms with E-state index in [0.29, 0.717) is 24.4 Å². The number of hydrogen-bond acceptors (Lipinski definition) is 1. The third kappa shape index (κ3) is 4.19. The second-order valence-electron chi connectivity index (χ2n) is 5.68. The summed E-state index contributed by atoms with van der Waals surface area (Å²) in [5, 5.41) is 3.08. The van der Waals surface area contributed by atoms with Crippen molar-refractivity contribution in [3.8, 4) is 0 Å². The molecule has 0 aliphatic heterocycles. The number of benzene rings is 1. The highest BCUT2D eigenvalue weighted by Crippen LogP contribution is 2.21. The van der Waals surface area contributed by atoms with Crippen molar-refractivity contribution in [2.75, 3.05) is 0 Å². The summed E-state index contributed by atoms with van der Waals surface area (Å²) >= 11 is 0. The van der Waals surface area contributed by atoms with Gasteiger partial charge in [-0.15, -0.1) is 0 Å². The number of aryl methyl sites for hydroxylation is 2. The van der Waals surface area contributed by atoms with Gasteiger partial charge in [0.05, 0.1) is 0 Å². The Kier molecular flexibility index (Phi) is 4.94. The average Bonchev–Trinajstić information content (AvgIpc) is 2.43. The summed E-state index contributed by atoms with van der Waals surface area (Å²) in [6, 6.07) is 5.32. The first-order chi connectivity index (χ1) is 9.54. The second-order valence-corrected chi connectivity index (χ2v) is 5.68. The van der Waals surface area contributed by atoms with Crippen LogP contribution < -0.4 is 5.32 Å². The standard InChI is InChI=1S/C17H22FNO/c1-12-3-7-15(8-4-12)19-17(20)10-6-14-5-9-16(18)13(2)11-14/h5,9,11,15H,1,3-4,6-8,10H2,2H3,(H,19,20). The smallest absolute Gasteiger partial charge is 0.220 e. The van der Waals surface area contributed by atoms with Crippen LogP contribution in [0.3, 0.4) is 0 Å². The van der Waals surface area contributed by atoms with Crippen LogP contribution in [-0.4, -0.2) is 11.9 Å². The van der Waals surface area contributed by atoms with Crippen LogP contribution >= 0.6 is 0 Å². The largest absolute Gasteiger partial charge is 0.353 e. The summed E-state index contributed by atoms with van der Waals surface area (Å²) in [4.78, 5) is 11.9. The van der Waals surface area contributed by atoms with Crippen LogP contribution in [0.1, 0.15) is 43.2 Å². The van der Waals surface area contributed by atoms with Crippen LogP contribution in [0.25, 0.3) is 0 Å². The molecule has 1 aromatic rings. The first-order valence-electron chi connectivity index (χ1n) is 7.25. The van der Waals surface area contributed by atoms with Gasteiger partial charge in [0.25, 0.3) is 0 Å². The van der Waals surface area contributed by atoms with Crippen LogP contribution in [0.4, 0.5) is 4.39 Å². The number of halogens is 1. The van der Waals surface area contributed by atoms with Crippen molar-refractivity contribution in [1.29, 1.82) is 0 Å². The van der Waals surface area contributed by atoms with Crippen LogP contribution in [0, 0.1) is 12.7 Å². The molecule has 1 aromatic carbocycles. The molecule has 1 fully saturated rings. The highest BCUT2D eigenvalue weighted by Gasteiger charge is 2.17. The molecule has 0 spiro atoms. The van der Waals surface area contributed by atoms with Crippen molar-refractivity contribution in [2.45, 2.75) is 51.5 Å². The molecule has 2 rings (SSSR count). The predicted octanol–water partition coefficient (Wildman–Crippen LogP) is 3.68. The van der Waals surface area contributed by atoms with Gasteiger partial charge in [-0.05, 0) is 56.2 Å². The Labute approximate surface area is 120 Å². The third-order valence-electron chi connectivity index (χ3n) is 3.92. The molecule has 3 heteroatoms. The average molecular weight is 275 g/mol. The Morgan fingerprint density at radius 2 is 2.10 bits per heavy atom. The summed E-state index contributed by atoms with van der Waals surface area (Å²) in [6.45, 7) is 5.72. The zero-order valence-electron chi connectivity index (χ0n) is 12.0. The molecule has 108 valence electrons. The molecule has 1 amide bonds. The van der Waals surface area contributed by atoms with Gasteiger partial charge in [0.2, 0.25) is 5.91 Å². The minimum atomic E-state index is -0.194. The minimum Gasteiger partial charge on any atom is -0.353 e. The van der Waals surface area contributed by atoms with Gasteiger partial charge in [-0.3, -0.25) is 4.79 Å². The topological polar surface area (TPSA) is 29.1 Å². The van der Waals surface area contributed by atoms with Gasteiger partial charge in [-0.2, -0.15) is 0 Å². The third-order valence-corrected chi connectivity index (χ3v) is 3.92. The maximum Gasteiger partial charge on any atom is 0.220 e. The lowest BCUT2D eigenvalue weighted by Gasteiger charge is -2.24. The van der Waals surface area contributed by atoms with Gasteiger partial charge in [0, 0.05) is 12.5 Å². The van der Waals surface area contributed by atoms with E-state index in [1.54, 1.807) is 13.0 Å². The summed E-state index contributed by atoms with van der Waals surface area (Å²) < 4.78 is 13.2. The molecular weight excluding hydrogens is 253 g/mol. The molecule has 1 N–H and O–H groups in total. The van der Waals surface area contributed by atoms with Crippen LogP contribution in [0.2, 0.25) is 0 Å². The SMILES string of the molecule is C=C1CCC(NC(=O)CCc2ccc(F)c(C)c2)CC1. The second kappa shape index (κ2) is 6.69. The predicted molar refractivity (Wildman–Crippen MR) is 79.0 cm³/mol. The van der Waals surface area contributed by atoms with E-state index >= 15 is 0 Å². The molecule has 0 bridgehead atoms. The van der Waals surface area contributed by atoms with Crippen molar-refractivity contribution in [3.05, 3.63) is 47.3 Å². The van der Waals surface area contributed by atoms with Crippen molar-refractivity contribution in [1.82, 2.24) is 5.32 Å². The number of carbonyl (C=O) groups is 1. The van der Waals surface area contributed by atoms with Gasteiger partial charge in [0.15, 0.2) is 0 Å².